The summed E-state index contributed by atoms with van der Waals surface area (Å²) in [5, 5.41) is 6.30. The van der Waals surface area contributed by atoms with Crippen LogP contribution in [0.2, 0.25) is 0 Å². The molecular formula is C15H13N3O4. The van der Waals surface area contributed by atoms with E-state index < -0.39 is 5.97 Å². The quantitative estimate of drug-likeness (QED) is 0.692. The van der Waals surface area contributed by atoms with E-state index in [1.807, 2.05) is 0 Å². The monoisotopic (exact) mass is 299 g/mol. The molecule has 1 aromatic heterocycles. The Morgan fingerprint density at radius 2 is 2.18 bits per heavy atom. The molecule has 0 saturated heterocycles. The third kappa shape index (κ3) is 3.49. The van der Waals surface area contributed by atoms with E-state index in [1.165, 1.54) is 25.3 Å². The van der Waals surface area contributed by atoms with Crippen molar-refractivity contribution < 1.29 is 18.8 Å². The fourth-order valence-electron chi connectivity index (χ4n) is 1.84. The van der Waals surface area contributed by atoms with Crippen LogP contribution in [0.5, 0.6) is 0 Å². The molecule has 7 nitrogen and oxygen atoms in total. The van der Waals surface area contributed by atoms with Crippen LogP contribution in [-0.4, -0.2) is 24.1 Å². The standard InChI is InChI=1S/C15H13N3O4/c1-9-6-11(22-18-9)8-14(19)17-13-5-4-10(16-2)7-12(13)15(20)21-3/h4-7H,8H2,1,3H3,(H,17,19). The highest BCUT2D eigenvalue weighted by molar-refractivity contribution is 6.02. The van der Waals surface area contributed by atoms with Crippen LogP contribution in [0.25, 0.3) is 4.85 Å². The van der Waals surface area contributed by atoms with Crippen LogP contribution in [0.4, 0.5) is 11.4 Å². The van der Waals surface area contributed by atoms with Crippen molar-refractivity contribution in [3.63, 3.8) is 0 Å². The first-order valence-corrected chi connectivity index (χ1v) is 6.35. The second kappa shape index (κ2) is 6.54. The molecule has 0 unspecified atom stereocenters. The zero-order valence-electron chi connectivity index (χ0n) is 12.0. The van der Waals surface area contributed by atoms with E-state index in [0.29, 0.717) is 11.5 Å². The summed E-state index contributed by atoms with van der Waals surface area (Å²) in [5.74, 6) is -0.569. The highest BCUT2D eigenvalue weighted by atomic mass is 16.5. The molecule has 0 saturated carbocycles. The van der Waals surface area contributed by atoms with E-state index in [0.717, 1.165) is 0 Å². The van der Waals surface area contributed by atoms with E-state index in [9.17, 15) is 9.59 Å². The molecule has 0 aliphatic rings. The number of hydrogen-bond acceptors (Lipinski definition) is 5. The van der Waals surface area contributed by atoms with Gasteiger partial charge in [-0.25, -0.2) is 9.64 Å². The van der Waals surface area contributed by atoms with Crippen molar-refractivity contribution in [3.8, 4) is 0 Å². The molecule has 0 bridgehead atoms. The number of methoxy groups -OCH3 is 1. The lowest BCUT2D eigenvalue weighted by molar-refractivity contribution is -0.115. The number of esters is 1. The molecule has 0 radical (unpaired) electrons. The van der Waals surface area contributed by atoms with Crippen molar-refractivity contribution in [2.75, 3.05) is 12.4 Å². The van der Waals surface area contributed by atoms with Gasteiger partial charge >= 0.3 is 5.97 Å². The molecule has 0 aliphatic carbocycles. The topological polar surface area (TPSA) is 85.8 Å². The van der Waals surface area contributed by atoms with E-state index in [2.05, 4.69) is 20.1 Å². The Morgan fingerprint density at radius 3 is 2.77 bits per heavy atom. The van der Waals surface area contributed by atoms with E-state index >= 15 is 0 Å². The molecule has 1 N–H and O–H groups in total. The number of aromatic nitrogens is 1. The number of carbonyl (C=O) groups excluding carboxylic acids is 2. The Balaban J connectivity index is 2.19. The molecule has 2 aromatic rings. The molecule has 22 heavy (non-hydrogen) atoms. The molecule has 2 rings (SSSR count). The number of aryl methyl sites for hydroxylation is 1. The van der Waals surface area contributed by atoms with E-state index in [4.69, 9.17) is 11.1 Å². The van der Waals surface area contributed by atoms with E-state index in [1.54, 1.807) is 13.0 Å². The Bertz CT molecular complexity index is 758. The van der Waals surface area contributed by atoms with Crippen molar-refractivity contribution in [1.82, 2.24) is 5.16 Å². The van der Waals surface area contributed by atoms with Crippen molar-refractivity contribution in [3.05, 3.63) is 52.7 Å². The normalized spacial score (nSPS) is 9.86. The van der Waals surface area contributed by atoms with Gasteiger partial charge in [-0.2, -0.15) is 0 Å². The lowest BCUT2D eigenvalue weighted by Crippen LogP contribution is -2.17. The van der Waals surface area contributed by atoms with Gasteiger partial charge in [-0.15, -0.1) is 0 Å². The van der Waals surface area contributed by atoms with Crippen LogP contribution < -0.4 is 5.32 Å². The zero-order valence-corrected chi connectivity index (χ0v) is 12.0. The summed E-state index contributed by atoms with van der Waals surface area (Å²) >= 11 is 0. The van der Waals surface area contributed by atoms with Crippen LogP contribution in [-0.2, 0) is 16.0 Å². The van der Waals surface area contributed by atoms with Gasteiger partial charge in [0.05, 0.1) is 37.0 Å². The first kappa shape index (κ1) is 15.3. The number of rotatable bonds is 4. The molecule has 112 valence electrons. The summed E-state index contributed by atoms with van der Waals surface area (Å²) in [5.41, 5.74) is 1.36. The van der Waals surface area contributed by atoms with Crippen molar-refractivity contribution in [2.45, 2.75) is 13.3 Å². The summed E-state index contributed by atoms with van der Waals surface area (Å²) in [6, 6.07) is 6.02. The first-order valence-electron chi connectivity index (χ1n) is 6.35. The van der Waals surface area contributed by atoms with E-state index in [-0.39, 0.29) is 29.3 Å². The molecular weight excluding hydrogens is 286 g/mol. The predicted octanol–water partition coefficient (Wildman–Crippen LogP) is 2.50. The highest BCUT2D eigenvalue weighted by Gasteiger charge is 2.16. The SMILES string of the molecule is [C-]#[N+]c1ccc(NC(=O)Cc2cc(C)no2)c(C(=O)OC)c1. The summed E-state index contributed by atoms with van der Waals surface area (Å²) in [6.07, 6.45) is -0.00791. The van der Waals surface area contributed by atoms with Gasteiger partial charge in [-0.05, 0) is 19.1 Å². The maximum absolute atomic E-state index is 12.0. The van der Waals surface area contributed by atoms with Crippen LogP contribution in [0.3, 0.4) is 0 Å². The summed E-state index contributed by atoms with van der Waals surface area (Å²) < 4.78 is 9.62. The number of carbonyl (C=O) groups is 2. The smallest absolute Gasteiger partial charge is 0.338 e. The average Bonchev–Trinajstić information content (AvgIpc) is 2.91. The Morgan fingerprint density at radius 1 is 1.41 bits per heavy atom. The number of amides is 1. The van der Waals surface area contributed by atoms with Gasteiger partial charge in [0.1, 0.15) is 5.76 Å². The van der Waals surface area contributed by atoms with Crippen molar-refractivity contribution >= 4 is 23.3 Å². The fraction of sp³-hybridized carbons (Fsp3) is 0.200. The first-order chi connectivity index (χ1) is 10.5. The number of anilines is 1. The van der Waals surface area contributed by atoms with Crippen molar-refractivity contribution in [2.24, 2.45) is 0 Å². The van der Waals surface area contributed by atoms with Gasteiger partial charge < -0.3 is 14.6 Å². The van der Waals surface area contributed by atoms with Crippen molar-refractivity contribution in [1.29, 1.82) is 0 Å². The molecule has 7 heteroatoms. The largest absolute Gasteiger partial charge is 0.465 e. The minimum atomic E-state index is -0.628. The summed E-state index contributed by atoms with van der Waals surface area (Å²) in [6.45, 7) is 8.72. The lowest BCUT2D eigenvalue weighted by Gasteiger charge is -2.09. The highest BCUT2D eigenvalue weighted by Crippen LogP contribution is 2.23. The Labute approximate surface area is 126 Å². The Kier molecular flexibility index (Phi) is 4.53. The lowest BCUT2D eigenvalue weighted by atomic mass is 10.1. The van der Waals surface area contributed by atoms with Crippen LogP contribution in [0.1, 0.15) is 21.8 Å². The number of nitrogens with one attached hydrogen (secondary N) is 1. The van der Waals surface area contributed by atoms with Crippen LogP contribution in [0.15, 0.2) is 28.8 Å². The molecule has 0 atom stereocenters. The molecule has 1 heterocycles. The molecule has 0 spiro atoms. The number of hydrogen-bond donors (Lipinski definition) is 1. The molecule has 1 aromatic carbocycles. The molecule has 0 aliphatic heterocycles. The minimum Gasteiger partial charge on any atom is -0.465 e. The molecule has 1 amide bonds. The second-order valence-electron chi connectivity index (χ2n) is 4.49. The predicted molar refractivity (Wildman–Crippen MR) is 77.6 cm³/mol. The zero-order chi connectivity index (χ0) is 16.1. The number of ether oxygens (including phenoxy) is 1. The van der Waals surface area contributed by atoms with Gasteiger partial charge in [0.2, 0.25) is 5.91 Å². The van der Waals surface area contributed by atoms with Crippen LogP contribution in [0, 0.1) is 13.5 Å². The van der Waals surface area contributed by atoms with Gasteiger partial charge in [-0.3, -0.25) is 4.79 Å². The number of nitrogens with zero attached hydrogens (tertiary/aromatic N) is 2. The van der Waals surface area contributed by atoms with Gasteiger partial charge in [-0.1, -0.05) is 11.2 Å². The third-order valence-corrected chi connectivity index (χ3v) is 2.82. The van der Waals surface area contributed by atoms with Gasteiger partial charge in [0.25, 0.3) is 0 Å². The average molecular weight is 299 g/mol. The van der Waals surface area contributed by atoms with Gasteiger partial charge in [0, 0.05) is 6.07 Å². The maximum Gasteiger partial charge on any atom is 0.338 e. The Hall–Kier alpha value is -3.14. The number of benzene rings is 1. The van der Waals surface area contributed by atoms with Crippen LogP contribution >= 0.6 is 0 Å². The summed E-state index contributed by atoms with van der Waals surface area (Å²) in [7, 11) is 1.23. The molecule has 0 fully saturated rings. The third-order valence-electron chi connectivity index (χ3n) is 2.82. The maximum atomic E-state index is 12.0. The summed E-state index contributed by atoms with van der Waals surface area (Å²) in [4.78, 5) is 27.0. The fourth-order valence-corrected chi connectivity index (χ4v) is 1.84. The minimum absolute atomic E-state index is 0.00791. The van der Waals surface area contributed by atoms with Gasteiger partial charge in [0.15, 0.2) is 5.69 Å². The second-order valence-corrected chi connectivity index (χ2v) is 4.49.